The van der Waals surface area contributed by atoms with Crippen LogP contribution in [0.2, 0.25) is 0 Å². The van der Waals surface area contributed by atoms with E-state index in [0.717, 1.165) is 17.9 Å². The third-order valence-electron chi connectivity index (χ3n) is 4.66. The minimum atomic E-state index is -0.0352. The van der Waals surface area contributed by atoms with Crippen molar-refractivity contribution in [2.75, 3.05) is 13.2 Å². The molecule has 2 aromatic carbocycles. The van der Waals surface area contributed by atoms with Gasteiger partial charge in [-0.3, -0.25) is 4.79 Å². The van der Waals surface area contributed by atoms with Crippen molar-refractivity contribution in [3.8, 4) is 5.75 Å². The fourth-order valence-corrected chi connectivity index (χ4v) is 4.38. The number of hydrogen-bond donors (Lipinski definition) is 1. The fraction of sp³-hybridized carbons (Fsp3) is 0.409. The summed E-state index contributed by atoms with van der Waals surface area (Å²) in [5.41, 5.74) is 2.49. The Balaban J connectivity index is 1.50. The van der Waals surface area contributed by atoms with Gasteiger partial charge in [-0.15, -0.1) is 11.8 Å². The topological polar surface area (TPSA) is 38.3 Å². The molecular formula is C22H27NO2S. The average molecular weight is 370 g/mol. The fourth-order valence-electron chi connectivity index (χ4n) is 3.20. The summed E-state index contributed by atoms with van der Waals surface area (Å²) in [6, 6.07) is 18.5. The van der Waals surface area contributed by atoms with Crippen LogP contribution in [-0.2, 0) is 17.0 Å². The number of benzene rings is 2. The number of thioether (sulfide) groups is 1. The van der Waals surface area contributed by atoms with Gasteiger partial charge < -0.3 is 10.1 Å². The summed E-state index contributed by atoms with van der Waals surface area (Å²) < 4.78 is 5.83. The summed E-state index contributed by atoms with van der Waals surface area (Å²) in [4.78, 5) is 12.7. The molecule has 0 spiro atoms. The van der Waals surface area contributed by atoms with Crippen LogP contribution in [0.5, 0.6) is 5.75 Å². The van der Waals surface area contributed by atoms with Gasteiger partial charge in [-0.05, 0) is 29.5 Å². The molecule has 2 unspecified atom stereocenters. The van der Waals surface area contributed by atoms with Crippen LogP contribution >= 0.6 is 11.8 Å². The summed E-state index contributed by atoms with van der Waals surface area (Å²) in [5, 5.41) is 3.13. The third-order valence-corrected chi connectivity index (χ3v) is 6.27. The highest BCUT2D eigenvalue weighted by atomic mass is 32.2. The van der Waals surface area contributed by atoms with E-state index in [1.54, 1.807) is 11.8 Å². The van der Waals surface area contributed by atoms with Crippen molar-refractivity contribution in [3.63, 3.8) is 0 Å². The zero-order valence-corrected chi connectivity index (χ0v) is 16.3. The molecule has 0 aromatic heterocycles. The minimum Gasteiger partial charge on any atom is -0.493 e. The molecule has 26 heavy (non-hydrogen) atoms. The molecule has 0 fully saturated rings. The van der Waals surface area contributed by atoms with Crippen LogP contribution in [0.3, 0.4) is 0 Å². The number of ether oxygens (including phenoxy) is 1. The molecule has 1 N–H and O–H groups in total. The summed E-state index contributed by atoms with van der Waals surface area (Å²) in [5.74, 6) is 2.61. The maximum absolute atomic E-state index is 12.7. The number of para-hydroxylation sites is 1. The Morgan fingerprint density at radius 1 is 1.15 bits per heavy atom. The van der Waals surface area contributed by atoms with E-state index in [-0.39, 0.29) is 11.2 Å². The van der Waals surface area contributed by atoms with Crippen LogP contribution < -0.4 is 10.1 Å². The lowest BCUT2D eigenvalue weighted by Gasteiger charge is -2.26. The van der Waals surface area contributed by atoms with Crippen molar-refractivity contribution >= 4 is 17.7 Å². The second-order valence-electron chi connectivity index (χ2n) is 7.20. The Hall–Kier alpha value is -1.94. The number of hydrogen-bond acceptors (Lipinski definition) is 3. The molecule has 2 atom stereocenters. The largest absolute Gasteiger partial charge is 0.493 e. The molecule has 2 aromatic rings. The molecule has 0 saturated carbocycles. The Kier molecular flexibility index (Phi) is 6.62. The Bertz CT molecular complexity index is 717. The molecule has 1 amide bonds. The smallest absolute Gasteiger partial charge is 0.233 e. The van der Waals surface area contributed by atoms with E-state index in [9.17, 15) is 4.79 Å². The SMILES string of the molecule is CC(C)C(SCc1ccccc1)C(=O)NCC1COc2ccccc2C1. The maximum Gasteiger partial charge on any atom is 0.233 e. The third kappa shape index (κ3) is 5.04. The van der Waals surface area contributed by atoms with Gasteiger partial charge in [0.25, 0.3) is 0 Å². The van der Waals surface area contributed by atoms with Crippen molar-refractivity contribution in [1.82, 2.24) is 5.32 Å². The van der Waals surface area contributed by atoms with Gasteiger partial charge in [-0.2, -0.15) is 0 Å². The van der Waals surface area contributed by atoms with Gasteiger partial charge in [0.15, 0.2) is 0 Å². The van der Waals surface area contributed by atoms with E-state index < -0.39 is 0 Å². The standard InChI is InChI=1S/C22H27NO2S/c1-16(2)21(26-15-17-8-4-3-5-9-17)22(24)23-13-18-12-19-10-6-7-11-20(19)25-14-18/h3-11,16,18,21H,12-15H2,1-2H3,(H,23,24). The van der Waals surface area contributed by atoms with Crippen molar-refractivity contribution in [2.24, 2.45) is 11.8 Å². The summed E-state index contributed by atoms with van der Waals surface area (Å²) in [6.45, 7) is 5.56. The van der Waals surface area contributed by atoms with Crippen molar-refractivity contribution < 1.29 is 9.53 Å². The highest BCUT2D eigenvalue weighted by Crippen LogP contribution is 2.27. The molecule has 0 bridgehead atoms. The van der Waals surface area contributed by atoms with Gasteiger partial charge >= 0.3 is 0 Å². The first kappa shape index (κ1) is 18.8. The number of nitrogens with one attached hydrogen (secondary N) is 1. The van der Waals surface area contributed by atoms with Crippen LogP contribution in [0.25, 0.3) is 0 Å². The lowest BCUT2D eigenvalue weighted by molar-refractivity contribution is -0.121. The first-order chi connectivity index (χ1) is 12.6. The molecular weight excluding hydrogens is 342 g/mol. The number of amides is 1. The molecule has 3 nitrogen and oxygen atoms in total. The van der Waals surface area contributed by atoms with Crippen LogP contribution in [0.1, 0.15) is 25.0 Å². The molecule has 138 valence electrons. The predicted molar refractivity (Wildman–Crippen MR) is 109 cm³/mol. The molecule has 0 saturated heterocycles. The predicted octanol–water partition coefficient (Wildman–Crippen LogP) is 4.31. The molecule has 1 aliphatic heterocycles. The summed E-state index contributed by atoms with van der Waals surface area (Å²) >= 11 is 1.72. The number of carbonyl (C=O) groups excluding carboxylic acids is 1. The first-order valence-electron chi connectivity index (χ1n) is 9.27. The van der Waals surface area contributed by atoms with Gasteiger partial charge in [0, 0.05) is 18.2 Å². The molecule has 1 aliphatic rings. The Morgan fingerprint density at radius 3 is 2.65 bits per heavy atom. The van der Waals surface area contributed by atoms with E-state index in [1.807, 2.05) is 36.4 Å². The Morgan fingerprint density at radius 2 is 1.88 bits per heavy atom. The van der Waals surface area contributed by atoms with E-state index in [0.29, 0.717) is 25.0 Å². The number of carbonyl (C=O) groups is 1. The lowest BCUT2D eigenvalue weighted by atomic mass is 9.96. The number of rotatable bonds is 7. The van der Waals surface area contributed by atoms with Gasteiger partial charge in [0.1, 0.15) is 5.75 Å². The van der Waals surface area contributed by atoms with Crippen LogP contribution in [0.15, 0.2) is 54.6 Å². The van der Waals surface area contributed by atoms with Gasteiger partial charge in [-0.25, -0.2) is 0 Å². The summed E-state index contributed by atoms with van der Waals surface area (Å²) in [7, 11) is 0. The molecule has 4 heteroatoms. The normalized spacial score (nSPS) is 17.3. The molecule has 0 radical (unpaired) electrons. The minimum absolute atomic E-state index is 0.0352. The maximum atomic E-state index is 12.7. The monoisotopic (exact) mass is 369 g/mol. The molecule has 1 heterocycles. The first-order valence-corrected chi connectivity index (χ1v) is 10.3. The zero-order valence-electron chi connectivity index (χ0n) is 15.5. The lowest BCUT2D eigenvalue weighted by Crippen LogP contribution is -2.40. The highest BCUT2D eigenvalue weighted by Gasteiger charge is 2.25. The highest BCUT2D eigenvalue weighted by molar-refractivity contribution is 7.99. The van der Waals surface area contributed by atoms with E-state index in [1.165, 1.54) is 11.1 Å². The summed E-state index contributed by atoms with van der Waals surface area (Å²) in [6.07, 6.45) is 0.958. The second kappa shape index (κ2) is 9.13. The van der Waals surface area contributed by atoms with Gasteiger partial charge in [-0.1, -0.05) is 62.4 Å². The van der Waals surface area contributed by atoms with E-state index >= 15 is 0 Å². The average Bonchev–Trinajstić information content (AvgIpc) is 2.67. The molecule has 0 aliphatic carbocycles. The van der Waals surface area contributed by atoms with Crippen molar-refractivity contribution in [1.29, 1.82) is 0 Å². The van der Waals surface area contributed by atoms with Crippen molar-refractivity contribution in [3.05, 3.63) is 65.7 Å². The second-order valence-corrected chi connectivity index (χ2v) is 8.33. The quantitative estimate of drug-likeness (QED) is 0.790. The van der Waals surface area contributed by atoms with Crippen LogP contribution in [0.4, 0.5) is 0 Å². The molecule has 3 rings (SSSR count). The van der Waals surface area contributed by atoms with Crippen molar-refractivity contribution in [2.45, 2.75) is 31.3 Å². The van der Waals surface area contributed by atoms with E-state index in [2.05, 4.69) is 37.4 Å². The number of fused-ring (bicyclic) bond motifs is 1. The zero-order chi connectivity index (χ0) is 18.4. The van der Waals surface area contributed by atoms with Gasteiger partial charge in [0.05, 0.1) is 11.9 Å². The van der Waals surface area contributed by atoms with Crippen LogP contribution in [-0.4, -0.2) is 24.3 Å². The Labute approximate surface area is 160 Å². The van der Waals surface area contributed by atoms with Gasteiger partial charge in [0.2, 0.25) is 5.91 Å². The van der Waals surface area contributed by atoms with Crippen LogP contribution in [0, 0.1) is 11.8 Å². The van der Waals surface area contributed by atoms with E-state index in [4.69, 9.17) is 4.74 Å².